The van der Waals surface area contributed by atoms with E-state index in [4.69, 9.17) is 0 Å². The van der Waals surface area contributed by atoms with E-state index in [9.17, 15) is 0 Å². The van der Waals surface area contributed by atoms with Crippen LogP contribution < -0.4 is 9.80 Å². The summed E-state index contributed by atoms with van der Waals surface area (Å²) in [5, 5.41) is 0. The van der Waals surface area contributed by atoms with Gasteiger partial charge in [0.2, 0.25) is 0 Å². The summed E-state index contributed by atoms with van der Waals surface area (Å²) in [5.41, 5.74) is 15.5. The molecule has 218 valence electrons. The van der Waals surface area contributed by atoms with Crippen molar-refractivity contribution in [3.63, 3.8) is 0 Å². The second kappa shape index (κ2) is 12.2. The quantitative estimate of drug-likeness (QED) is 0.190. The summed E-state index contributed by atoms with van der Waals surface area (Å²) in [6.45, 7) is 13.2. The van der Waals surface area contributed by atoms with Gasteiger partial charge in [0, 0.05) is 23.3 Å². The molecule has 0 atom stereocenters. The lowest BCUT2D eigenvalue weighted by Gasteiger charge is -2.32. The highest BCUT2D eigenvalue weighted by atomic mass is 15.2. The highest BCUT2D eigenvalue weighted by molar-refractivity contribution is 5.85. The Balaban J connectivity index is 1.49. The monoisotopic (exact) mass is 574 g/mol. The van der Waals surface area contributed by atoms with Crippen LogP contribution in [0.2, 0.25) is 0 Å². The lowest BCUT2D eigenvalue weighted by molar-refractivity contribution is 1.11. The Bertz CT molecular complexity index is 1810. The predicted octanol–water partition coefficient (Wildman–Crippen LogP) is 10.9. The number of anilines is 6. The van der Waals surface area contributed by atoms with E-state index in [1.807, 2.05) is 12.1 Å². The molecule has 4 heteroatoms. The van der Waals surface area contributed by atoms with Gasteiger partial charge in [0.15, 0.2) is 0 Å². The Hall–Kier alpha value is -5.22. The standard InChI is InChI=1S/C40H38N4/c1-27-21-29(3)39(30(4)22-27)44(40-31(5)23-28(2)24-32(40)6)36-17-15-35(16-18-36)43(38-19-20-41-26-42-38)37-14-10-13-34(25-37)33-11-8-7-9-12-33/h7-26H,1-6H3. The first-order valence-electron chi connectivity index (χ1n) is 15.1. The fourth-order valence-corrected chi connectivity index (χ4v) is 6.46. The molecule has 0 spiro atoms. The molecule has 0 fully saturated rings. The number of benzene rings is 5. The van der Waals surface area contributed by atoms with Crippen molar-refractivity contribution in [1.82, 2.24) is 9.97 Å². The zero-order valence-electron chi connectivity index (χ0n) is 26.3. The van der Waals surface area contributed by atoms with Gasteiger partial charge in [-0.25, -0.2) is 9.97 Å². The van der Waals surface area contributed by atoms with Gasteiger partial charge in [0.1, 0.15) is 12.1 Å². The highest BCUT2D eigenvalue weighted by Gasteiger charge is 2.22. The summed E-state index contributed by atoms with van der Waals surface area (Å²) in [6, 6.07) is 39.0. The summed E-state index contributed by atoms with van der Waals surface area (Å²) in [6.07, 6.45) is 3.39. The molecule has 0 aliphatic rings. The fraction of sp³-hybridized carbons (Fsp3) is 0.150. The van der Waals surface area contributed by atoms with Crippen molar-refractivity contribution in [3.05, 3.63) is 155 Å². The summed E-state index contributed by atoms with van der Waals surface area (Å²) < 4.78 is 0. The van der Waals surface area contributed by atoms with Gasteiger partial charge in [-0.1, -0.05) is 77.9 Å². The summed E-state index contributed by atoms with van der Waals surface area (Å²) in [7, 11) is 0. The van der Waals surface area contributed by atoms with E-state index in [-0.39, 0.29) is 0 Å². The summed E-state index contributed by atoms with van der Waals surface area (Å²) >= 11 is 0. The average Bonchev–Trinajstić information content (AvgIpc) is 3.01. The second-order valence-corrected chi connectivity index (χ2v) is 11.7. The molecular formula is C40H38N4. The number of hydrogen-bond acceptors (Lipinski definition) is 4. The Morgan fingerprint density at radius 2 is 0.977 bits per heavy atom. The van der Waals surface area contributed by atoms with Crippen molar-refractivity contribution < 1.29 is 0 Å². The van der Waals surface area contributed by atoms with Gasteiger partial charge in [-0.05, 0) is 117 Å². The molecule has 0 N–H and O–H groups in total. The van der Waals surface area contributed by atoms with Crippen LogP contribution in [0, 0.1) is 41.5 Å². The molecule has 0 bridgehead atoms. The molecular weight excluding hydrogens is 536 g/mol. The van der Waals surface area contributed by atoms with Gasteiger partial charge in [-0.15, -0.1) is 0 Å². The molecule has 0 saturated heterocycles. The van der Waals surface area contributed by atoms with Crippen LogP contribution in [0.3, 0.4) is 0 Å². The summed E-state index contributed by atoms with van der Waals surface area (Å²) in [4.78, 5) is 13.5. The van der Waals surface area contributed by atoms with Gasteiger partial charge < -0.3 is 4.90 Å². The van der Waals surface area contributed by atoms with E-state index in [1.54, 1.807) is 12.5 Å². The SMILES string of the molecule is Cc1cc(C)c(N(c2ccc(N(c3cccc(-c4ccccc4)c3)c3ccncn3)cc2)c2c(C)cc(C)cc2C)c(C)c1. The molecule has 4 nitrogen and oxygen atoms in total. The second-order valence-electron chi connectivity index (χ2n) is 11.7. The first kappa shape index (κ1) is 28.9. The van der Waals surface area contributed by atoms with Gasteiger partial charge in [0.25, 0.3) is 0 Å². The van der Waals surface area contributed by atoms with E-state index in [0.29, 0.717) is 0 Å². The highest BCUT2D eigenvalue weighted by Crippen LogP contribution is 2.44. The molecule has 5 aromatic carbocycles. The van der Waals surface area contributed by atoms with Crippen molar-refractivity contribution in [2.45, 2.75) is 41.5 Å². The van der Waals surface area contributed by atoms with E-state index in [0.717, 1.165) is 28.4 Å². The Morgan fingerprint density at radius 1 is 0.455 bits per heavy atom. The fourth-order valence-electron chi connectivity index (χ4n) is 6.46. The van der Waals surface area contributed by atoms with Crippen LogP contribution in [0.4, 0.5) is 34.3 Å². The molecule has 0 unspecified atom stereocenters. The average molecular weight is 575 g/mol. The molecule has 1 aromatic heterocycles. The van der Waals surface area contributed by atoms with Crippen molar-refractivity contribution >= 4 is 34.3 Å². The largest absolute Gasteiger partial charge is 0.309 e. The van der Waals surface area contributed by atoms with Gasteiger partial charge in [-0.2, -0.15) is 0 Å². The maximum absolute atomic E-state index is 4.65. The summed E-state index contributed by atoms with van der Waals surface area (Å²) in [5.74, 6) is 0.810. The lowest BCUT2D eigenvalue weighted by atomic mass is 9.98. The van der Waals surface area contributed by atoms with Gasteiger partial charge in [0.05, 0.1) is 11.4 Å². The number of nitrogens with zero attached hydrogens (tertiary/aromatic N) is 4. The van der Waals surface area contributed by atoms with Crippen LogP contribution >= 0.6 is 0 Å². The smallest absolute Gasteiger partial charge is 0.140 e. The van der Waals surface area contributed by atoms with Crippen LogP contribution in [-0.2, 0) is 0 Å². The number of rotatable bonds is 7. The molecule has 44 heavy (non-hydrogen) atoms. The predicted molar refractivity (Wildman–Crippen MR) is 185 cm³/mol. The van der Waals surface area contributed by atoms with Crippen molar-refractivity contribution in [1.29, 1.82) is 0 Å². The minimum atomic E-state index is 0.810. The van der Waals surface area contributed by atoms with E-state index in [2.05, 4.69) is 158 Å². The zero-order chi connectivity index (χ0) is 30.8. The van der Waals surface area contributed by atoms with E-state index in [1.165, 1.54) is 50.3 Å². The maximum atomic E-state index is 4.65. The molecule has 0 aliphatic carbocycles. The Kier molecular flexibility index (Phi) is 7.99. The Morgan fingerprint density at radius 3 is 1.50 bits per heavy atom. The topological polar surface area (TPSA) is 32.3 Å². The van der Waals surface area contributed by atoms with Gasteiger partial charge in [-0.3, -0.25) is 4.90 Å². The third-order valence-electron chi connectivity index (χ3n) is 8.09. The molecule has 0 saturated carbocycles. The normalized spacial score (nSPS) is 11.0. The van der Waals surface area contributed by atoms with Crippen LogP contribution in [0.1, 0.15) is 33.4 Å². The van der Waals surface area contributed by atoms with E-state index < -0.39 is 0 Å². The van der Waals surface area contributed by atoms with Crippen LogP contribution in [0.15, 0.2) is 122 Å². The molecule has 0 radical (unpaired) electrons. The number of aryl methyl sites for hydroxylation is 6. The van der Waals surface area contributed by atoms with Crippen molar-refractivity contribution in [2.24, 2.45) is 0 Å². The number of hydrogen-bond donors (Lipinski definition) is 0. The van der Waals surface area contributed by atoms with Crippen LogP contribution in [0.25, 0.3) is 11.1 Å². The molecule has 0 aliphatic heterocycles. The minimum absolute atomic E-state index is 0.810. The van der Waals surface area contributed by atoms with E-state index >= 15 is 0 Å². The minimum Gasteiger partial charge on any atom is -0.309 e. The third kappa shape index (κ3) is 5.71. The first-order chi connectivity index (χ1) is 21.3. The zero-order valence-corrected chi connectivity index (χ0v) is 26.3. The maximum Gasteiger partial charge on any atom is 0.140 e. The number of aromatic nitrogens is 2. The van der Waals surface area contributed by atoms with Crippen molar-refractivity contribution in [2.75, 3.05) is 9.80 Å². The van der Waals surface area contributed by atoms with Gasteiger partial charge >= 0.3 is 0 Å². The lowest BCUT2D eigenvalue weighted by Crippen LogP contribution is -2.16. The molecule has 6 aromatic rings. The van der Waals surface area contributed by atoms with Crippen LogP contribution in [0.5, 0.6) is 0 Å². The molecule has 1 heterocycles. The van der Waals surface area contributed by atoms with Crippen LogP contribution in [-0.4, -0.2) is 9.97 Å². The Labute approximate surface area is 261 Å². The third-order valence-corrected chi connectivity index (χ3v) is 8.09. The van der Waals surface area contributed by atoms with Crippen molar-refractivity contribution in [3.8, 4) is 11.1 Å². The molecule has 0 amide bonds. The molecule has 6 rings (SSSR count). The first-order valence-corrected chi connectivity index (χ1v) is 15.1.